The molecule has 1 N–H and O–H groups in total. The minimum Gasteiger partial charge on any atom is -1.00 e. The zero-order valence-electron chi connectivity index (χ0n) is 10.4. The van der Waals surface area contributed by atoms with Crippen molar-refractivity contribution in [2.75, 3.05) is 33.2 Å². The fraction of sp³-hybridized carbons (Fsp3) is 0.889. The van der Waals surface area contributed by atoms with Crippen LogP contribution in [0.1, 0.15) is 14.8 Å². The maximum Gasteiger partial charge on any atom is 1.00 e. The second kappa shape index (κ2) is 6.47. The summed E-state index contributed by atoms with van der Waals surface area (Å²) in [7, 11) is 2.07. The number of nitrogens with zero attached hydrogens (tertiary/aromatic N) is 2. The van der Waals surface area contributed by atoms with E-state index in [2.05, 4.69) is 16.8 Å². The van der Waals surface area contributed by atoms with E-state index >= 15 is 0 Å². The van der Waals surface area contributed by atoms with Crippen LogP contribution in [-0.2, 0) is 4.79 Å². The SMILES string of the molecule is CCC(C(=O)O)N1CCN(C)CC1.[H-].[Li+]. The van der Waals surface area contributed by atoms with E-state index in [-0.39, 0.29) is 26.3 Å². The van der Waals surface area contributed by atoms with E-state index in [1.54, 1.807) is 0 Å². The van der Waals surface area contributed by atoms with E-state index in [9.17, 15) is 4.79 Å². The molecular weight excluding hydrogens is 175 g/mol. The van der Waals surface area contributed by atoms with Crippen molar-refractivity contribution >= 4 is 5.97 Å². The number of carboxylic acid groups (broad SMARTS) is 1. The zero-order valence-corrected chi connectivity index (χ0v) is 9.36. The molecule has 0 spiro atoms. The largest absolute Gasteiger partial charge is 1.00 e. The summed E-state index contributed by atoms with van der Waals surface area (Å²) in [4.78, 5) is 15.1. The molecule has 0 aromatic rings. The van der Waals surface area contributed by atoms with Crippen LogP contribution in [0.4, 0.5) is 0 Å². The standard InChI is InChI=1S/C9H18N2O2.Li.H/c1-3-8(9(12)13)11-6-4-10(2)5-7-11;;/h8H,3-7H2,1-2H3,(H,12,13);;/q;+1;-1. The smallest absolute Gasteiger partial charge is 1.00 e. The van der Waals surface area contributed by atoms with Gasteiger partial charge < -0.3 is 11.4 Å². The Hall–Kier alpha value is -0.0126. The van der Waals surface area contributed by atoms with Gasteiger partial charge in [0.1, 0.15) is 6.04 Å². The molecule has 1 saturated heterocycles. The molecule has 5 heteroatoms. The van der Waals surface area contributed by atoms with Gasteiger partial charge in [-0.1, -0.05) is 6.92 Å². The van der Waals surface area contributed by atoms with E-state index in [0.29, 0.717) is 6.42 Å². The summed E-state index contributed by atoms with van der Waals surface area (Å²) < 4.78 is 0. The summed E-state index contributed by atoms with van der Waals surface area (Å²) in [6.07, 6.45) is 0.693. The van der Waals surface area contributed by atoms with Gasteiger partial charge in [0.15, 0.2) is 0 Å². The molecule has 1 heterocycles. The van der Waals surface area contributed by atoms with Gasteiger partial charge in [-0.05, 0) is 13.5 Å². The zero-order chi connectivity index (χ0) is 9.84. The molecular formula is C9H19LiN2O2. The van der Waals surface area contributed by atoms with Crippen LogP contribution in [0.5, 0.6) is 0 Å². The third-order valence-electron chi connectivity index (χ3n) is 2.65. The molecule has 0 aliphatic carbocycles. The maximum absolute atomic E-state index is 10.9. The molecule has 0 bridgehead atoms. The number of hydrogen-bond acceptors (Lipinski definition) is 3. The number of likely N-dealkylation sites (N-methyl/N-ethyl adjacent to an activating group) is 1. The molecule has 4 nitrogen and oxygen atoms in total. The van der Waals surface area contributed by atoms with Crippen molar-refractivity contribution < 1.29 is 30.2 Å². The molecule has 0 aromatic heterocycles. The van der Waals surface area contributed by atoms with E-state index in [4.69, 9.17) is 5.11 Å². The van der Waals surface area contributed by atoms with Crippen molar-refractivity contribution in [3.8, 4) is 0 Å². The summed E-state index contributed by atoms with van der Waals surface area (Å²) in [6.45, 7) is 5.63. The first-order chi connectivity index (χ1) is 6.15. The van der Waals surface area contributed by atoms with Gasteiger partial charge in [-0.25, -0.2) is 0 Å². The summed E-state index contributed by atoms with van der Waals surface area (Å²) in [5.74, 6) is -0.688. The first-order valence-electron chi connectivity index (χ1n) is 4.80. The van der Waals surface area contributed by atoms with Gasteiger partial charge in [0.25, 0.3) is 0 Å². The summed E-state index contributed by atoms with van der Waals surface area (Å²) in [6, 6.07) is -0.284. The van der Waals surface area contributed by atoms with E-state index in [0.717, 1.165) is 26.2 Å². The predicted octanol–water partition coefficient (Wildman–Crippen LogP) is -2.79. The Kier molecular flexibility index (Phi) is 6.46. The van der Waals surface area contributed by atoms with Crippen LogP contribution >= 0.6 is 0 Å². The fourth-order valence-electron chi connectivity index (χ4n) is 1.72. The fourth-order valence-corrected chi connectivity index (χ4v) is 1.72. The molecule has 1 aliphatic heterocycles. The molecule has 14 heavy (non-hydrogen) atoms. The van der Waals surface area contributed by atoms with Crippen LogP contribution in [0.15, 0.2) is 0 Å². The van der Waals surface area contributed by atoms with Gasteiger partial charge in [0, 0.05) is 26.2 Å². The van der Waals surface area contributed by atoms with Crippen molar-refractivity contribution in [2.45, 2.75) is 19.4 Å². The molecule has 78 valence electrons. The molecule has 0 amide bonds. The average molecular weight is 194 g/mol. The molecule has 1 rings (SSSR count). The van der Waals surface area contributed by atoms with Crippen LogP contribution in [0.3, 0.4) is 0 Å². The Labute approximate surface area is 98.9 Å². The molecule has 1 aliphatic rings. The third kappa shape index (κ3) is 3.62. The van der Waals surface area contributed by atoms with Crippen molar-refractivity contribution in [3.05, 3.63) is 0 Å². The van der Waals surface area contributed by atoms with Crippen LogP contribution in [0.2, 0.25) is 0 Å². The van der Waals surface area contributed by atoms with Crippen LogP contribution < -0.4 is 18.9 Å². The van der Waals surface area contributed by atoms with E-state index in [1.165, 1.54) is 0 Å². The molecule has 1 unspecified atom stereocenters. The molecule has 0 saturated carbocycles. The first kappa shape index (κ1) is 14.0. The number of piperazine rings is 1. The van der Waals surface area contributed by atoms with Crippen LogP contribution in [0.25, 0.3) is 0 Å². The number of carboxylic acids is 1. The van der Waals surface area contributed by atoms with Gasteiger partial charge >= 0.3 is 24.8 Å². The summed E-state index contributed by atoms with van der Waals surface area (Å²) >= 11 is 0. The van der Waals surface area contributed by atoms with Crippen molar-refractivity contribution in [1.82, 2.24) is 9.80 Å². The average Bonchev–Trinajstić information content (AvgIpc) is 2.09. The van der Waals surface area contributed by atoms with Gasteiger partial charge in [-0.3, -0.25) is 9.69 Å². The Bertz CT molecular complexity index is 187. The normalized spacial score (nSPS) is 21.3. The maximum atomic E-state index is 10.9. The second-order valence-electron chi connectivity index (χ2n) is 3.60. The van der Waals surface area contributed by atoms with E-state index in [1.807, 2.05) is 6.92 Å². The van der Waals surface area contributed by atoms with Gasteiger partial charge in [0.2, 0.25) is 0 Å². The number of hydrogen-bond donors (Lipinski definition) is 1. The van der Waals surface area contributed by atoms with Crippen molar-refractivity contribution in [3.63, 3.8) is 0 Å². The third-order valence-corrected chi connectivity index (χ3v) is 2.65. The number of carbonyl (C=O) groups is 1. The Morgan fingerprint density at radius 3 is 2.29 bits per heavy atom. The number of rotatable bonds is 3. The van der Waals surface area contributed by atoms with Crippen molar-refractivity contribution in [1.29, 1.82) is 0 Å². The van der Waals surface area contributed by atoms with Gasteiger partial charge in [0.05, 0.1) is 0 Å². The first-order valence-corrected chi connectivity index (χ1v) is 4.80. The Morgan fingerprint density at radius 1 is 1.43 bits per heavy atom. The Balaban J connectivity index is 0. The summed E-state index contributed by atoms with van der Waals surface area (Å²) in [5.41, 5.74) is 0. The summed E-state index contributed by atoms with van der Waals surface area (Å²) in [5, 5.41) is 8.94. The minimum absolute atomic E-state index is 0. The monoisotopic (exact) mass is 194 g/mol. The topological polar surface area (TPSA) is 43.8 Å². The molecule has 0 radical (unpaired) electrons. The molecule has 1 atom stereocenters. The number of aliphatic carboxylic acids is 1. The Morgan fingerprint density at radius 2 is 1.93 bits per heavy atom. The van der Waals surface area contributed by atoms with Crippen LogP contribution in [0, 0.1) is 0 Å². The molecule has 1 fully saturated rings. The quantitative estimate of drug-likeness (QED) is 0.493. The van der Waals surface area contributed by atoms with Gasteiger partial charge in [-0.15, -0.1) is 0 Å². The van der Waals surface area contributed by atoms with Crippen LogP contribution in [-0.4, -0.2) is 60.1 Å². The van der Waals surface area contributed by atoms with E-state index < -0.39 is 5.97 Å². The van der Waals surface area contributed by atoms with Gasteiger partial charge in [-0.2, -0.15) is 0 Å². The van der Waals surface area contributed by atoms with Crippen molar-refractivity contribution in [2.24, 2.45) is 0 Å². The predicted molar refractivity (Wildman–Crippen MR) is 51.9 cm³/mol. The second-order valence-corrected chi connectivity index (χ2v) is 3.60. The molecule has 0 aromatic carbocycles. The minimum atomic E-state index is -0.688.